The van der Waals surface area contributed by atoms with Crippen molar-refractivity contribution in [3.05, 3.63) is 34.9 Å². The largest absolute Gasteiger partial charge is 0.299 e. The van der Waals surface area contributed by atoms with E-state index in [1.54, 1.807) is 12.1 Å². The Morgan fingerprint density at radius 2 is 1.94 bits per heavy atom. The molecule has 1 aromatic rings. The lowest BCUT2D eigenvalue weighted by atomic mass is 9.83. The molecule has 1 fully saturated rings. The minimum absolute atomic E-state index is 0.0528. The highest BCUT2D eigenvalue weighted by Gasteiger charge is 2.28. The van der Waals surface area contributed by atoms with Gasteiger partial charge in [-0.1, -0.05) is 30.2 Å². The maximum absolute atomic E-state index is 12.0. The molecule has 0 spiro atoms. The highest BCUT2D eigenvalue weighted by Crippen LogP contribution is 2.23. The van der Waals surface area contributed by atoms with Gasteiger partial charge >= 0.3 is 0 Å². The summed E-state index contributed by atoms with van der Waals surface area (Å²) in [7, 11) is 0. The molecule has 0 bridgehead atoms. The van der Waals surface area contributed by atoms with Crippen molar-refractivity contribution in [1.82, 2.24) is 0 Å². The first-order chi connectivity index (χ1) is 8.16. The van der Waals surface area contributed by atoms with Crippen molar-refractivity contribution in [3.8, 4) is 0 Å². The zero-order chi connectivity index (χ0) is 12.3. The van der Waals surface area contributed by atoms with Gasteiger partial charge in [0.1, 0.15) is 11.6 Å². The van der Waals surface area contributed by atoms with E-state index < -0.39 is 0 Å². The van der Waals surface area contributed by atoms with E-state index in [1.807, 2.05) is 12.1 Å². The van der Waals surface area contributed by atoms with Crippen LogP contribution in [0, 0.1) is 5.92 Å². The minimum Gasteiger partial charge on any atom is -0.299 e. The smallest absolute Gasteiger partial charge is 0.147 e. The summed E-state index contributed by atoms with van der Waals surface area (Å²) in [6.07, 6.45) is 3.56. The number of ketones is 2. The van der Waals surface area contributed by atoms with Crippen molar-refractivity contribution in [2.75, 3.05) is 0 Å². The van der Waals surface area contributed by atoms with Crippen LogP contribution in [-0.2, 0) is 16.0 Å². The summed E-state index contributed by atoms with van der Waals surface area (Å²) in [6, 6.07) is 7.22. The van der Waals surface area contributed by atoms with E-state index in [9.17, 15) is 9.59 Å². The molecular weight excluding hydrogens is 236 g/mol. The second kappa shape index (κ2) is 5.46. The van der Waals surface area contributed by atoms with Crippen LogP contribution >= 0.6 is 11.6 Å². The van der Waals surface area contributed by atoms with Gasteiger partial charge in [-0.25, -0.2) is 0 Å². The summed E-state index contributed by atoms with van der Waals surface area (Å²) in [6.45, 7) is 0. The predicted molar refractivity (Wildman–Crippen MR) is 67.1 cm³/mol. The van der Waals surface area contributed by atoms with E-state index in [4.69, 9.17) is 11.6 Å². The molecule has 0 N–H and O–H groups in total. The standard InChI is InChI=1S/C14H15ClO2/c15-11-7-5-10(6-8-11)9-14(17)12-3-1-2-4-13(12)16/h5-8,12H,1-4,9H2. The first kappa shape index (κ1) is 12.3. The summed E-state index contributed by atoms with van der Waals surface area (Å²) < 4.78 is 0. The third-order valence-electron chi connectivity index (χ3n) is 3.23. The predicted octanol–water partition coefficient (Wildman–Crippen LogP) is 3.21. The zero-order valence-electron chi connectivity index (χ0n) is 9.62. The molecule has 1 aliphatic rings. The molecule has 17 heavy (non-hydrogen) atoms. The van der Waals surface area contributed by atoms with Crippen LogP contribution in [0.25, 0.3) is 0 Å². The van der Waals surface area contributed by atoms with Gasteiger partial charge in [-0.3, -0.25) is 9.59 Å². The maximum Gasteiger partial charge on any atom is 0.147 e. The second-order valence-electron chi connectivity index (χ2n) is 4.53. The lowest BCUT2D eigenvalue weighted by Gasteiger charge is -2.19. The molecule has 0 aliphatic heterocycles. The third kappa shape index (κ3) is 3.16. The minimum atomic E-state index is -0.362. The molecule has 2 rings (SSSR count). The van der Waals surface area contributed by atoms with Gasteiger partial charge in [-0.2, -0.15) is 0 Å². The molecule has 1 unspecified atom stereocenters. The molecule has 90 valence electrons. The molecule has 3 heteroatoms. The van der Waals surface area contributed by atoms with Gasteiger partial charge in [-0.05, 0) is 30.5 Å². The Kier molecular flexibility index (Phi) is 3.95. The van der Waals surface area contributed by atoms with Crippen LogP contribution in [0.3, 0.4) is 0 Å². The van der Waals surface area contributed by atoms with Crippen LogP contribution in [0.5, 0.6) is 0 Å². The highest BCUT2D eigenvalue weighted by atomic mass is 35.5. The molecule has 0 aromatic heterocycles. The summed E-state index contributed by atoms with van der Waals surface area (Å²) >= 11 is 5.78. The van der Waals surface area contributed by atoms with Crippen LogP contribution in [0.15, 0.2) is 24.3 Å². The monoisotopic (exact) mass is 250 g/mol. The fraction of sp³-hybridized carbons (Fsp3) is 0.429. The molecule has 1 aliphatic carbocycles. The Morgan fingerprint density at radius 1 is 1.24 bits per heavy atom. The normalized spacial score (nSPS) is 20.3. The van der Waals surface area contributed by atoms with Gasteiger partial charge in [0.15, 0.2) is 0 Å². The van der Waals surface area contributed by atoms with Crippen LogP contribution in [0.4, 0.5) is 0 Å². The quantitative estimate of drug-likeness (QED) is 0.772. The Morgan fingerprint density at radius 3 is 2.59 bits per heavy atom. The fourth-order valence-corrected chi connectivity index (χ4v) is 2.38. The van der Waals surface area contributed by atoms with Gasteiger partial charge in [0.2, 0.25) is 0 Å². The van der Waals surface area contributed by atoms with E-state index >= 15 is 0 Å². The SMILES string of the molecule is O=C1CCCCC1C(=O)Cc1ccc(Cl)cc1. The molecule has 1 atom stereocenters. The molecule has 1 aromatic carbocycles. The third-order valence-corrected chi connectivity index (χ3v) is 3.49. The first-order valence-electron chi connectivity index (χ1n) is 5.96. The van der Waals surface area contributed by atoms with Gasteiger partial charge in [0, 0.05) is 17.9 Å². The summed E-state index contributed by atoms with van der Waals surface area (Å²) in [5.74, 6) is -0.188. The van der Waals surface area contributed by atoms with Gasteiger partial charge in [-0.15, -0.1) is 0 Å². The number of carbonyl (C=O) groups is 2. The van der Waals surface area contributed by atoms with Crippen LogP contribution in [-0.4, -0.2) is 11.6 Å². The van der Waals surface area contributed by atoms with Gasteiger partial charge in [0.05, 0.1) is 5.92 Å². The number of benzene rings is 1. The van der Waals surface area contributed by atoms with E-state index in [0.29, 0.717) is 17.9 Å². The molecule has 1 saturated carbocycles. The fourth-order valence-electron chi connectivity index (χ4n) is 2.25. The van der Waals surface area contributed by atoms with E-state index in [1.165, 1.54) is 0 Å². The van der Waals surface area contributed by atoms with Crippen molar-refractivity contribution in [2.24, 2.45) is 5.92 Å². The zero-order valence-corrected chi connectivity index (χ0v) is 10.4. The summed E-state index contributed by atoms with van der Waals surface area (Å²) in [5, 5.41) is 0.662. The van der Waals surface area contributed by atoms with Gasteiger partial charge < -0.3 is 0 Å². The van der Waals surface area contributed by atoms with Crippen molar-refractivity contribution >= 4 is 23.2 Å². The lowest BCUT2D eigenvalue weighted by Crippen LogP contribution is -2.28. The molecule has 0 heterocycles. The number of Topliss-reactive ketones (excluding diaryl/α,β-unsaturated/α-hetero) is 2. The molecule has 0 saturated heterocycles. The summed E-state index contributed by atoms with van der Waals surface area (Å²) in [5.41, 5.74) is 0.928. The average Bonchev–Trinajstić information content (AvgIpc) is 2.32. The van der Waals surface area contributed by atoms with E-state index in [-0.39, 0.29) is 17.5 Å². The maximum atomic E-state index is 12.0. The number of rotatable bonds is 3. The summed E-state index contributed by atoms with van der Waals surface area (Å²) in [4.78, 5) is 23.6. The number of hydrogen-bond donors (Lipinski definition) is 0. The van der Waals surface area contributed by atoms with Gasteiger partial charge in [0.25, 0.3) is 0 Å². The first-order valence-corrected chi connectivity index (χ1v) is 6.34. The van der Waals surface area contributed by atoms with Crippen LogP contribution < -0.4 is 0 Å². The van der Waals surface area contributed by atoms with Crippen LogP contribution in [0.2, 0.25) is 5.02 Å². The topological polar surface area (TPSA) is 34.1 Å². The molecule has 0 radical (unpaired) electrons. The van der Waals surface area contributed by atoms with E-state index in [0.717, 1.165) is 24.8 Å². The molecular formula is C14H15ClO2. The van der Waals surface area contributed by atoms with Crippen molar-refractivity contribution < 1.29 is 9.59 Å². The number of hydrogen-bond acceptors (Lipinski definition) is 2. The average molecular weight is 251 g/mol. The Balaban J connectivity index is 2.00. The Bertz CT molecular complexity index is 422. The lowest BCUT2D eigenvalue weighted by molar-refractivity contribution is -0.134. The van der Waals surface area contributed by atoms with Crippen LogP contribution in [0.1, 0.15) is 31.2 Å². The number of halogens is 1. The van der Waals surface area contributed by atoms with Crippen molar-refractivity contribution in [3.63, 3.8) is 0 Å². The Labute approximate surface area is 106 Å². The Hall–Kier alpha value is -1.15. The number of carbonyl (C=O) groups excluding carboxylic acids is 2. The highest BCUT2D eigenvalue weighted by molar-refractivity contribution is 6.30. The second-order valence-corrected chi connectivity index (χ2v) is 4.97. The van der Waals surface area contributed by atoms with E-state index in [2.05, 4.69) is 0 Å². The van der Waals surface area contributed by atoms with Crippen molar-refractivity contribution in [1.29, 1.82) is 0 Å². The molecule has 2 nitrogen and oxygen atoms in total. The molecule has 0 amide bonds. The van der Waals surface area contributed by atoms with Crippen molar-refractivity contribution in [2.45, 2.75) is 32.1 Å².